The number of ether oxygens (including phenoxy) is 1. The van der Waals surface area contributed by atoms with Crippen LogP contribution < -0.4 is 10.1 Å². The molecule has 3 heterocycles. The van der Waals surface area contributed by atoms with Crippen molar-refractivity contribution in [1.29, 1.82) is 0 Å². The van der Waals surface area contributed by atoms with Crippen LogP contribution in [0.1, 0.15) is 17.8 Å². The van der Waals surface area contributed by atoms with Crippen LogP contribution in [0.2, 0.25) is 0 Å². The molecule has 4 rings (SSSR count). The second-order valence-corrected chi connectivity index (χ2v) is 5.87. The van der Waals surface area contributed by atoms with Gasteiger partial charge in [-0.05, 0) is 24.6 Å². The monoisotopic (exact) mass is 321 g/mol. The first-order valence-electron chi connectivity index (χ1n) is 8.14. The molecule has 6 nitrogen and oxygen atoms in total. The minimum Gasteiger partial charge on any atom is -0.455 e. The van der Waals surface area contributed by atoms with E-state index in [1.165, 1.54) is 0 Å². The predicted molar refractivity (Wildman–Crippen MR) is 89.7 cm³/mol. The van der Waals surface area contributed by atoms with E-state index in [1.54, 1.807) is 18.7 Å². The molecular weight excluding hydrogens is 302 g/mol. The van der Waals surface area contributed by atoms with Crippen molar-refractivity contribution in [3.63, 3.8) is 0 Å². The highest BCUT2D eigenvalue weighted by Crippen LogP contribution is 2.24. The van der Waals surface area contributed by atoms with Gasteiger partial charge in [0.15, 0.2) is 0 Å². The molecule has 0 aliphatic carbocycles. The van der Waals surface area contributed by atoms with Crippen molar-refractivity contribution in [1.82, 2.24) is 25.1 Å². The lowest BCUT2D eigenvalue weighted by Crippen LogP contribution is -2.37. The largest absolute Gasteiger partial charge is 0.455 e. The highest BCUT2D eigenvalue weighted by atomic mass is 16.5. The van der Waals surface area contributed by atoms with Crippen LogP contribution >= 0.6 is 0 Å². The summed E-state index contributed by atoms with van der Waals surface area (Å²) in [5.41, 5.74) is 1.13. The van der Waals surface area contributed by atoms with Gasteiger partial charge in [0.05, 0.1) is 12.7 Å². The van der Waals surface area contributed by atoms with E-state index in [0.29, 0.717) is 6.04 Å². The summed E-state index contributed by atoms with van der Waals surface area (Å²) in [5, 5.41) is 7.88. The van der Waals surface area contributed by atoms with Crippen molar-refractivity contribution in [3.05, 3.63) is 66.5 Å². The Bertz CT molecular complexity index is 802. The highest BCUT2D eigenvalue weighted by molar-refractivity contribution is 5.37. The normalized spacial score (nSPS) is 16.6. The number of fused-ring (bicyclic) bond motifs is 1. The number of nitrogens with one attached hydrogen (secondary N) is 1. The van der Waals surface area contributed by atoms with Gasteiger partial charge in [-0.1, -0.05) is 18.2 Å². The van der Waals surface area contributed by atoms with Gasteiger partial charge in [-0.3, -0.25) is 4.98 Å². The lowest BCUT2D eigenvalue weighted by molar-refractivity contribution is 0.355. The summed E-state index contributed by atoms with van der Waals surface area (Å²) in [7, 11) is 0. The van der Waals surface area contributed by atoms with Crippen LogP contribution in [-0.2, 0) is 19.5 Å². The van der Waals surface area contributed by atoms with Gasteiger partial charge in [-0.25, -0.2) is 9.67 Å². The van der Waals surface area contributed by atoms with E-state index in [9.17, 15) is 0 Å². The number of aromatic nitrogens is 4. The number of pyridine rings is 1. The summed E-state index contributed by atoms with van der Waals surface area (Å²) >= 11 is 0. The smallest absolute Gasteiger partial charge is 0.145 e. The molecule has 0 spiro atoms. The van der Waals surface area contributed by atoms with E-state index in [-0.39, 0.29) is 0 Å². The van der Waals surface area contributed by atoms with Crippen molar-refractivity contribution in [2.75, 3.05) is 0 Å². The van der Waals surface area contributed by atoms with Gasteiger partial charge in [0.25, 0.3) is 0 Å². The number of aryl methyl sites for hydroxylation is 1. The Morgan fingerprint density at radius 1 is 1.21 bits per heavy atom. The number of nitrogens with zero attached hydrogens (tertiary/aromatic N) is 4. The molecule has 1 aromatic carbocycles. The summed E-state index contributed by atoms with van der Waals surface area (Å²) in [4.78, 5) is 8.36. The summed E-state index contributed by atoms with van der Waals surface area (Å²) in [6, 6.07) is 12.3. The summed E-state index contributed by atoms with van der Waals surface area (Å²) in [6.07, 6.45) is 7.13. The zero-order valence-electron chi connectivity index (χ0n) is 13.3. The van der Waals surface area contributed by atoms with E-state index in [2.05, 4.69) is 26.4 Å². The number of hydrogen-bond donors (Lipinski definition) is 1. The maximum atomic E-state index is 5.96. The number of rotatable bonds is 5. The third-order valence-corrected chi connectivity index (χ3v) is 4.22. The lowest BCUT2D eigenvalue weighted by Gasteiger charge is -2.24. The van der Waals surface area contributed by atoms with E-state index in [0.717, 1.165) is 48.8 Å². The van der Waals surface area contributed by atoms with E-state index in [1.807, 2.05) is 35.0 Å². The topological polar surface area (TPSA) is 64.9 Å². The maximum Gasteiger partial charge on any atom is 0.145 e. The van der Waals surface area contributed by atoms with Crippen molar-refractivity contribution in [3.8, 4) is 11.5 Å². The van der Waals surface area contributed by atoms with E-state index < -0.39 is 0 Å². The van der Waals surface area contributed by atoms with Gasteiger partial charge in [0, 0.05) is 30.8 Å². The molecule has 2 aromatic heterocycles. The van der Waals surface area contributed by atoms with Crippen molar-refractivity contribution >= 4 is 0 Å². The van der Waals surface area contributed by atoms with Crippen molar-refractivity contribution in [2.24, 2.45) is 0 Å². The average molecular weight is 321 g/mol. The second kappa shape index (κ2) is 6.80. The Morgan fingerprint density at radius 2 is 2.17 bits per heavy atom. The van der Waals surface area contributed by atoms with Gasteiger partial charge >= 0.3 is 0 Å². The minimum atomic E-state index is 0.394. The third kappa shape index (κ3) is 3.28. The first-order valence-corrected chi connectivity index (χ1v) is 8.14. The molecule has 0 bridgehead atoms. The molecule has 1 N–H and O–H groups in total. The number of benzene rings is 1. The van der Waals surface area contributed by atoms with Gasteiger partial charge in [0.2, 0.25) is 0 Å². The molecule has 0 radical (unpaired) electrons. The molecule has 0 saturated heterocycles. The van der Waals surface area contributed by atoms with Crippen LogP contribution in [0.25, 0.3) is 0 Å². The van der Waals surface area contributed by atoms with Crippen LogP contribution in [0.4, 0.5) is 0 Å². The SMILES string of the molecule is c1cncc(Oc2ccccc2CN[C@H]2CCc3ncnn3C2)c1. The summed E-state index contributed by atoms with van der Waals surface area (Å²) in [6.45, 7) is 1.62. The van der Waals surface area contributed by atoms with Crippen molar-refractivity contribution < 1.29 is 4.74 Å². The van der Waals surface area contributed by atoms with Gasteiger partial charge in [-0.2, -0.15) is 5.10 Å². The molecule has 1 aliphatic heterocycles. The second-order valence-electron chi connectivity index (χ2n) is 5.87. The van der Waals surface area contributed by atoms with Crippen LogP contribution in [0.3, 0.4) is 0 Å². The molecular formula is C18H19N5O. The van der Waals surface area contributed by atoms with Gasteiger partial charge < -0.3 is 10.1 Å². The van der Waals surface area contributed by atoms with E-state index >= 15 is 0 Å². The zero-order chi connectivity index (χ0) is 16.2. The fourth-order valence-corrected chi connectivity index (χ4v) is 2.94. The van der Waals surface area contributed by atoms with Gasteiger partial charge in [0.1, 0.15) is 23.7 Å². The zero-order valence-corrected chi connectivity index (χ0v) is 13.3. The number of hydrogen-bond acceptors (Lipinski definition) is 5. The lowest BCUT2D eigenvalue weighted by atomic mass is 10.1. The fraction of sp³-hybridized carbons (Fsp3) is 0.278. The first-order chi connectivity index (χ1) is 11.9. The molecule has 0 unspecified atom stereocenters. The van der Waals surface area contributed by atoms with Crippen molar-refractivity contribution in [2.45, 2.75) is 32.0 Å². The molecule has 1 atom stereocenters. The summed E-state index contributed by atoms with van der Waals surface area (Å²) in [5.74, 6) is 2.68. The first kappa shape index (κ1) is 14.8. The Hall–Kier alpha value is -2.73. The Balaban J connectivity index is 1.42. The molecule has 122 valence electrons. The highest BCUT2D eigenvalue weighted by Gasteiger charge is 2.19. The third-order valence-electron chi connectivity index (χ3n) is 4.22. The van der Waals surface area contributed by atoms with E-state index in [4.69, 9.17) is 4.74 Å². The molecule has 6 heteroatoms. The molecule has 0 amide bonds. The van der Waals surface area contributed by atoms with Crippen LogP contribution in [0.15, 0.2) is 55.1 Å². The quantitative estimate of drug-likeness (QED) is 0.782. The van der Waals surface area contributed by atoms with Crippen LogP contribution in [-0.4, -0.2) is 25.8 Å². The molecule has 3 aromatic rings. The molecule has 24 heavy (non-hydrogen) atoms. The predicted octanol–water partition coefficient (Wildman–Crippen LogP) is 2.57. The minimum absolute atomic E-state index is 0.394. The fourth-order valence-electron chi connectivity index (χ4n) is 2.94. The average Bonchev–Trinajstić information content (AvgIpc) is 3.10. The Morgan fingerprint density at radius 3 is 3.08 bits per heavy atom. The maximum absolute atomic E-state index is 5.96. The standard InChI is InChI=1S/C18H19N5O/c1-2-6-17(24-16-5-3-9-19-11-16)14(4-1)10-20-15-7-8-18-21-13-22-23(18)12-15/h1-6,9,11,13,15,20H,7-8,10,12H2/t15-/m0/s1. The van der Waals surface area contributed by atoms with Gasteiger partial charge in [-0.15, -0.1) is 0 Å². The Kier molecular flexibility index (Phi) is 4.20. The number of para-hydroxylation sites is 1. The molecule has 1 aliphatic rings. The van der Waals surface area contributed by atoms with Crippen LogP contribution in [0.5, 0.6) is 11.5 Å². The van der Waals surface area contributed by atoms with Crippen LogP contribution in [0, 0.1) is 0 Å². The Labute approximate surface area is 140 Å². The molecule has 0 saturated carbocycles. The molecule has 0 fully saturated rings. The summed E-state index contributed by atoms with van der Waals surface area (Å²) < 4.78 is 7.95.